The lowest BCUT2D eigenvalue weighted by molar-refractivity contribution is -0.143. The molecule has 0 spiro atoms. The number of benzene rings is 1. The maximum Gasteiger partial charge on any atom is 0.327 e. The van der Waals surface area contributed by atoms with Crippen LogP contribution in [0.2, 0.25) is 0 Å². The lowest BCUT2D eigenvalue weighted by Crippen LogP contribution is -2.26. The van der Waals surface area contributed by atoms with Gasteiger partial charge in [-0.2, -0.15) is 0 Å². The highest BCUT2D eigenvalue weighted by atomic mass is 16.5. The minimum absolute atomic E-state index is 0.0212. The third-order valence-electron chi connectivity index (χ3n) is 4.95. The molecule has 2 heterocycles. The first-order chi connectivity index (χ1) is 12.9. The summed E-state index contributed by atoms with van der Waals surface area (Å²) in [4.78, 5) is 21.0. The van der Waals surface area contributed by atoms with Crippen LogP contribution in [0.5, 0.6) is 5.75 Å². The number of nitrogens with zero attached hydrogens (tertiary/aromatic N) is 2. The lowest BCUT2D eigenvalue weighted by Gasteiger charge is -2.33. The number of rotatable bonds is 4. The summed E-state index contributed by atoms with van der Waals surface area (Å²) >= 11 is 0. The molecule has 1 aliphatic heterocycles. The second-order valence-electron chi connectivity index (χ2n) is 7.33. The molecule has 1 aliphatic rings. The zero-order chi connectivity index (χ0) is 19.6. The lowest BCUT2D eigenvalue weighted by atomic mass is 9.78. The van der Waals surface area contributed by atoms with Gasteiger partial charge in [0.15, 0.2) is 5.92 Å². The number of aromatic nitrogens is 2. The number of fused-ring (bicyclic) bond motifs is 1. The van der Waals surface area contributed by atoms with Gasteiger partial charge in [0.2, 0.25) is 0 Å². The summed E-state index contributed by atoms with van der Waals surface area (Å²) in [6.07, 6.45) is 9.71. The summed E-state index contributed by atoms with van der Waals surface area (Å²) in [5.74, 6) is 2.03. The normalized spacial score (nSPS) is 15.8. The molecule has 1 atom stereocenters. The highest BCUT2D eigenvalue weighted by Crippen LogP contribution is 2.41. The SMILES string of the molecule is C#CC(C(=O)OCC)c1cncc(-c2cc3c(cc2C)OCCC3(C)C)n1. The number of ether oxygens (including phenoxy) is 2. The number of hydrogen-bond donors (Lipinski definition) is 0. The van der Waals surface area contributed by atoms with Gasteiger partial charge in [0.05, 0.1) is 37.0 Å². The van der Waals surface area contributed by atoms with E-state index in [4.69, 9.17) is 15.9 Å². The molecule has 2 aromatic rings. The Bertz CT molecular complexity index is 912. The van der Waals surface area contributed by atoms with E-state index in [0.29, 0.717) is 11.4 Å². The first-order valence-corrected chi connectivity index (χ1v) is 9.10. The highest BCUT2D eigenvalue weighted by Gasteiger charge is 2.30. The second kappa shape index (κ2) is 7.40. The molecule has 0 bridgehead atoms. The Balaban J connectivity index is 2.06. The van der Waals surface area contributed by atoms with Crippen molar-refractivity contribution >= 4 is 5.97 Å². The molecule has 1 aromatic carbocycles. The van der Waals surface area contributed by atoms with Crippen LogP contribution in [0.4, 0.5) is 0 Å². The van der Waals surface area contributed by atoms with E-state index < -0.39 is 11.9 Å². The minimum Gasteiger partial charge on any atom is -0.493 e. The molecule has 0 amide bonds. The molecule has 3 rings (SSSR count). The van der Waals surface area contributed by atoms with Crippen molar-refractivity contribution in [3.8, 4) is 29.4 Å². The number of aryl methyl sites for hydroxylation is 1. The van der Waals surface area contributed by atoms with Gasteiger partial charge in [-0.25, -0.2) is 4.98 Å². The van der Waals surface area contributed by atoms with Crippen molar-refractivity contribution in [3.05, 3.63) is 41.3 Å². The average Bonchev–Trinajstić information content (AvgIpc) is 2.62. The van der Waals surface area contributed by atoms with E-state index in [9.17, 15) is 4.79 Å². The highest BCUT2D eigenvalue weighted by molar-refractivity contribution is 5.81. The summed E-state index contributed by atoms with van der Waals surface area (Å²) in [6, 6.07) is 4.16. The van der Waals surface area contributed by atoms with Crippen LogP contribution in [-0.4, -0.2) is 29.2 Å². The van der Waals surface area contributed by atoms with Gasteiger partial charge in [0.25, 0.3) is 0 Å². The molecule has 140 valence electrons. The first kappa shape index (κ1) is 18.9. The number of carbonyl (C=O) groups is 1. The van der Waals surface area contributed by atoms with Gasteiger partial charge in [-0.3, -0.25) is 9.78 Å². The van der Waals surface area contributed by atoms with Gasteiger partial charge in [0.1, 0.15) is 5.75 Å². The maximum atomic E-state index is 12.1. The number of terminal acetylenes is 1. The monoisotopic (exact) mass is 364 g/mol. The number of hydrogen-bond acceptors (Lipinski definition) is 5. The van der Waals surface area contributed by atoms with Crippen LogP contribution < -0.4 is 4.74 Å². The number of carbonyl (C=O) groups excluding carboxylic acids is 1. The fraction of sp³-hybridized carbons (Fsp3) is 0.409. The topological polar surface area (TPSA) is 61.3 Å². The molecule has 0 fully saturated rings. The molecule has 5 nitrogen and oxygen atoms in total. The van der Waals surface area contributed by atoms with E-state index in [1.54, 1.807) is 13.1 Å². The van der Waals surface area contributed by atoms with Gasteiger partial charge in [0, 0.05) is 11.1 Å². The van der Waals surface area contributed by atoms with Gasteiger partial charge >= 0.3 is 5.97 Å². The predicted molar refractivity (Wildman–Crippen MR) is 104 cm³/mol. The fourth-order valence-electron chi connectivity index (χ4n) is 3.31. The van der Waals surface area contributed by atoms with Crippen LogP contribution in [0.1, 0.15) is 49.9 Å². The van der Waals surface area contributed by atoms with Crippen LogP contribution in [0, 0.1) is 19.3 Å². The standard InChI is InChI=1S/C22H24N2O3/c1-6-15(21(25)26-7-2)18-12-23-13-19(24-18)16-11-17-20(10-14(16)3)27-9-8-22(17,4)5/h1,10-13,15H,7-9H2,2-5H3. The van der Waals surface area contributed by atoms with Crippen LogP contribution in [0.3, 0.4) is 0 Å². The summed E-state index contributed by atoms with van der Waals surface area (Å²) in [5, 5.41) is 0. The Morgan fingerprint density at radius 1 is 1.41 bits per heavy atom. The number of esters is 1. The Kier molecular flexibility index (Phi) is 5.18. The van der Waals surface area contributed by atoms with E-state index in [1.165, 1.54) is 6.20 Å². The van der Waals surface area contributed by atoms with E-state index in [2.05, 4.69) is 35.8 Å². The van der Waals surface area contributed by atoms with Crippen LogP contribution in [0.25, 0.3) is 11.3 Å². The molecule has 0 saturated carbocycles. The van der Waals surface area contributed by atoms with E-state index >= 15 is 0 Å². The molecule has 5 heteroatoms. The molecular weight excluding hydrogens is 340 g/mol. The zero-order valence-corrected chi connectivity index (χ0v) is 16.2. The van der Waals surface area contributed by atoms with Gasteiger partial charge < -0.3 is 9.47 Å². The van der Waals surface area contributed by atoms with Crippen LogP contribution in [0.15, 0.2) is 24.5 Å². The zero-order valence-electron chi connectivity index (χ0n) is 16.2. The van der Waals surface area contributed by atoms with Crippen molar-refractivity contribution in [1.29, 1.82) is 0 Å². The largest absolute Gasteiger partial charge is 0.493 e. The van der Waals surface area contributed by atoms with Gasteiger partial charge in [-0.1, -0.05) is 19.8 Å². The molecule has 0 radical (unpaired) electrons. The van der Waals surface area contributed by atoms with Crippen LogP contribution in [-0.2, 0) is 14.9 Å². The smallest absolute Gasteiger partial charge is 0.327 e. The first-order valence-electron chi connectivity index (χ1n) is 9.10. The summed E-state index contributed by atoms with van der Waals surface area (Å²) in [5.41, 5.74) is 4.26. The third-order valence-corrected chi connectivity index (χ3v) is 4.95. The summed E-state index contributed by atoms with van der Waals surface area (Å²) in [7, 11) is 0. The summed E-state index contributed by atoms with van der Waals surface area (Å²) < 4.78 is 10.9. The molecule has 0 aliphatic carbocycles. The quantitative estimate of drug-likeness (QED) is 0.610. The Morgan fingerprint density at radius 2 is 2.19 bits per heavy atom. The predicted octanol–water partition coefficient (Wildman–Crippen LogP) is 3.79. The van der Waals surface area contributed by atoms with Crippen molar-refractivity contribution in [3.63, 3.8) is 0 Å². The Morgan fingerprint density at radius 3 is 2.89 bits per heavy atom. The Labute approximate surface area is 160 Å². The van der Waals surface area contributed by atoms with Crippen LogP contribution >= 0.6 is 0 Å². The molecule has 0 N–H and O–H groups in total. The third kappa shape index (κ3) is 3.66. The minimum atomic E-state index is -0.866. The fourth-order valence-corrected chi connectivity index (χ4v) is 3.31. The Hall–Kier alpha value is -2.87. The van der Waals surface area contributed by atoms with Gasteiger partial charge in [-0.05, 0) is 43.4 Å². The molecule has 1 aromatic heterocycles. The van der Waals surface area contributed by atoms with Crippen molar-refractivity contribution in [2.24, 2.45) is 0 Å². The average molecular weight is 364 g/mol. The van der Waals surface area contributed by atoms with E-state index in [-0.39, 0.29) is 12.0 Å². The molecule has 27 heavy (non-hydrogen) atoms. The molecule has 0 saturated heterocycles. The van der Waals surface area contributed by atoms with Gasteiger partial charge in [-0.15, -0.1) is 6.42 Å². The molecular formula is C22H24N2O3. The van der Waals surface area contributed by atoms with Crippen molar-refractivity contribution in [2.45, 2.75) is 45.4 Å². The summed E-state index contributed by atoms with van der Waals surface area (Å²) in [6.45, 7) is 9.17. The van der Waals surface area contributed by atoms with Crippen molar-refractivity contribution < 1.29 is 14.3 Å². The molecule has 1 unspecified atom stereocenters. The second-order valence-corrected chi connectivity index (χ2v) is 7.33. The maximum absolute atomic E-state index is 12.1. The van der Waals surface area contributed by atoms with Crippen molar-refractivity contribution in [1.82, 2.24) is 9.97 Å². The van der Waals surface area contributed by atoms with Crippen molar-refractivity contribution in [2.75, 3.05) is 13.2 Å². The van der Waals surface area contributed by atoms with E-state index in [0.717, 1.165) is 35.5 Å². The van der Waals surface area contributed by atoms with E-state index in [1.807, 2.05) is 13.0 Å².